The van der Waals surface area contributed by atoms with Gasteiger partial charge >= 0.3 is 5.97 Å². The number of hydrogen-bond acceptors (Lipinski definition) is 3. The van der Waals surface area contributed by atoms with Gasteiger partial charge in [-0.1, -0.05) is 19.9 Å². The minimum Gasteiger partial charge on any atom is -0.466 e. The molecule has 110 valence electrons. The van der Waals surface area contributed by atoms with Crippen LogP contribution in [0.25, 0.3) is 0 Å². The molecule has 0 radical (unpaired) electrons. The Morgan fingerprint density at radius 3 is 2.70 bits per heavy atom. The number of aryl methyl sites for hydroxylation is 1. The Morgan fingerprint density at radius 1 is 1.45 bits per heavy atom. The molecule has 2 rings (SSSR count). The van der Waals surface area contributed by atoms with E-state index in [1.165, 1.54) is 23.6 Å². The first-order valence-electron chi connectivity index (χ1n) is 7.17. The van der Waals surface area contributed by atoms with Gasteiger partial charge in [-0.3, -0.25) is 4.79 Å². The highest BCUT2D eigenvalue weighted by Gasteiger charge is 2.39. The van der Waals surface area contributed by atoms with Gasteiger partial charge in [0.25, 0.3) is 0 Å². The third-order valence-corrected chi connectivity index (χ3v) is 4.39. The van der Waals surface area contributed by atoms with Crippen molar-refractivity contribution >= 4 is 5.97 Å². The summed E-state index contributed by atoms with van der Waals surface area (Å²) in [6, 6.07) is 2.18. The Kier molecular flexibility index (Phi) is 3.92. The van der Waals surface area contributed by atoms with Crippen molar-refractivity contribution in [1.82, 2.24) is 0 Å². The fraction of sp³-hybridized carbons (Fsp3) is 0.588. The Balaban J connectivity index is 2.33. The minimum absolute atomic E-state index is 0.103. The van der Waals surface area contributed by atoms with E-state index in [9.17, 15) is 9.90 Å². The van der Waals surface area contributed by atoms with E-state index in [1.807, 2.05) is 0 Å². The zero-order valence-electron chi connectivity index (χ0n) is 13.0. The highest BCUT2D eigenvalue weighted by molar-refractivity contribution is 5.65. The molecule has 20 heavy (non-hydrogen) atoms. The van der Waals surface area contributed by atoms with Crippen LogP contribution >= 0.6 is 0 Å². The summed E-state index contributed by atoms with van der Waals surface area (Å²) < 4.78 is 5.04. The highest BCUT2D eigenvalue weighted by atomic mass is 16.5. The Bertz CT molecular complexity index is 544. The highest BCUT2D eigenvalue weighted by Crippen LogP contribution is 2.47. The molecule has 1 unspecified atom stereocenters. The molecule has 1 aliphatic rings. The molecule has 0 amide bonds. The summed E-state index contributed by atoms with van der Waals surface area (Å²) in [4.78, 5) is 10.9. The van der Waals surface area contributed by atoms with E-state index in [-0.39, 0.29) is 11.4 Å². The molecule has 0 heterocycles. The predicted molar refractivity (Wildman–Crippen MR) is 78.7 cm³/mol. The van der Waals surface area contributed by atoms with Crippen LogP contribution in [0.2, 0.25) is 0 Å². The summed E-state index contributed by atoms with van der Waals surface area (Å²) in [7, 11) is 0. The minimum atomic E-state index is -0.412. The normalized spacial score (nSPS) is 19.8. The van der Waals surface area contributed by atoms with Crippen molar-refractivity contribution in [2.45, 2.75) is 53.6 Å². The molecule has 3 nitrogen and oxygen atoms in total. The van der Waals surface area contributed by atoms with Crippen molar-refractivity contribution in [2.24, 2.45) is 5.41 Å². The van der Waals surface area contributed by atoms with Crippen LogP contribution in [0.4, 0.5) is 0 Å². The van der Waals surface area contributed by atoms with Crippen LogP contribution in [0.1, 0.15) is 54.7 Å². The number of ether oxygens (including phenoxy) is 1. The largest absolute Gasteiger partial charge is 0.466 e. The van der Waals surface area contributed by atoms with E-state index >= 15 is 0 Å². The fourth-order valence-electron chi connectivity index (χ4n) is 3.31. The van der Waals surface area contributed by atoms with Crippen LogP contribution in [0.5, 0.6) is 0 Å². The third-order valence-electron chi connectivity index (χ3n) is 4.39. The number of esters is 1. The zero-order chi connectivity index (χ0) is 15.1. The van der Waals surface area contributed by atoms with Gasteiger partial charge in [0.15, 0.2) is 0 Å². The van der Waals surface area contributed by atoms with E-state index in [1.54, 1.807) is 0 Å². The van der Waals surface area contributed by atoms with Crippen molar-refractivity contribution in [3.63, 3.8) is 0 Å². The third kappa shape index (κ3) is 2.59. The Hall–Kier alpha value is -1.35. The second-order valence-corrected chi connectivity index (χ2v) is 6.53. The SMILES string of the molecule is CC(=O)OCCc1c(C)cc2c(c1C)C(O)C(C)(C)C2. The van der Waals surface area contributed by atoms with Crippen LogP contribution in [0, 0.1) is 19.3 Å². The van der Waals surface area contributed by atoms with Gasteiger partial charge in [0.1, 0.15) is 0 Å². The average molecular weight is 276 g/mol. The molecule has 1 N–H and O–H groups in total. The number of aliphatic hydroxyl groups excluding tert-OH is 1. The molecule has 0 spiro atoms. The lowest BCUT2D eigenvalue weighted by molar-refractivity contribution is -0.140. The second kappa shape index (κ2) is 5.21. The smallest absolute Gasteiger partial charge is 0.302 e. The van der Waals surface area contributed by atoms with Crippen molar-refractivity contribution < 1.29 is 14.6 Å². The summed E-state index contributed by atoms with van der Waals surface area (Å²) >= 11 is 0. The number of rotatable bonds is 3. The predicted octanol–water partition coefficient (Wildman–Crippen LogP) is 3.02. The van der Waals surface area contributed by atoms with Gasteiger partial charge < -0.3 is 9.84 Å². The fourth-order valence-corrected chi connectivity index (χ4v) is 3.31. The van der Waals surface area contributed by atoms with Gasteiger partial charge in [0.2, 0.25) is 0 Å². The first-order valence-corrected chi connectivity index (χ1v) is 7.17. The molecule has 1 aromatic carbocycles. The van der Waals surface area contributed by atoms with Gasteiger partial charge in [-0.05, 0) is 53.5 Å². The van der Waals surface area contributed by atoms with Crippen LogP contribution in [0.15, 0.2) is 6.07 Å². The number of fused-ring (bicyclic) bond motifs is 1. The molecule has 0 saturated heterocycles. The number of aliphatic hydroxyl groups is 1. The second-order valence-electron chi connectivity index (χ2n) is 6.53. The van der Waals surface area contributed by atoms with E-state index in [0.717, 1.165) is 17.5 Å². The Labute approximate surface area is 121 Å². The van der Waals surface area contributed by atoms with E-state index in [0.29, 0.717) is 13.0 Å². The van der Waals surface area contributed by atoms with Gasteiger partial charge in [0.05, 0.1) is 12.7 Å². The number of hydrogen-bond donors (Lipinski definition) is 1. The first-order chi connectivity index (χ1) is 9.24. The first kappa shape index (κ1) is 15.0. The van der Waals surface area contributed by atoms with E-state index in [4.69, 9.17) is 4.74 Å². The summed E-state index contributed by atoms with van der Waals surface area (Å²) in [6.45, 7) is 10.2. The van der Waals surface area contributed by atoms with E-state index in [2.05, 4.69) is 33.8 Å². The number of benzene rings is 1. The van der Waals surface area contributed by atoms with Gasteiger partial charge in [0, 0.05) is 13.3 Å². The van der Waals surface area contributed by atoms with Crippen LogP contribution in [-0.4, -0.2) is 17.7 Å². The monoisotopic (exact) mass is 276 g/mol. The lowest BCUT2D eigenvalue weighted by Crippen LogP contribution is -2.17. The standard InChI is InChI=1S/C17H24O3/c1-10-8-13-9-17(4,5)16(19)15(13)11(2)14(10)6-7-20-12(3)18/h8,16,19H,6-7,9H2,1-5H3. The molecular weight excluding hydrogens is 252 g/mol. The summed E-state index contributed by atoms with van der Waals surface area (Å²) in [5, 5.41) is 10.5. The van der Waals surface area contributed by atoms with Crippen molar-refractivity contribution in [3.8, 4) is 0 Å². The van der Waals surface area contributed by atoms with Crippen molar-refractivity contribution in [1.29, 1.82) is 0 Å². The van der Waals surface area contributed by atoms with Gasteiger partial charge in [-0.15, -0.1) is 0 Å². The van der Waals surface area contributed by atoms with E-state index < -0.39 is 6.10 Å². The lowest BCUT2D eigenvalue weighted by Gasteiger charge is -2.23. The van der Waals surface area contributed by atoms with Crippen molar-refractivity contribution in [3.05, 3.63) is 33.9 Å². The number of carbonyl (C=O) groups is 1. The van der Waals surface area contributed by atoms with Gasteiger partial charge in [-0.2, -0.15) is 0 Å². The van der Waals surface area contributed by atoms with Crippen LogP contribution in [-0.2, 0) is 22.4 Å². The molecule has 1 aliphatic carbocycles. The molecule has 3 heteroatoms. The lowest BCUT2D eigenvalue weighted by atomic mass is 9.86. The molecule has 0 saturated carbocycles. The quantitative estimate of drug-likeness (QED) is 0.863. The van der Waals surface area contributed by atoms with Crippen LogP contribution in [0.3, 0.4) is 0 Å². The maximum atomic E-state index is 10.9. The van der Waals surface area contributed by atoms with Crippen molar-refractivity contribution in [2.75, 3.05) is 6.61 Å². The van der Waals surface area contributed by atoms with Gasteiger partial charge in [-0.25, -0.2) is 0 Å². The average Bonchev–Trinajstić information content (AvgIpc) is 2.53. The molecule has 1 aromatic rings. The zero-order valence-corrected chi connectivity index (χ0v) is 13.0. The molecular formula is C17H24O3. The molecule has 0 aliphatic heterocycles. The molecule has 0 aromatic heterocycles. The Morgan fingerprint density at radius 2 is 2.10 bits per heavy atom. The maximum absolute atomic E-state index is 10.9. The number of carbonyl (C=O) groups excluding carboxylic acids is 1. The molecule has 0 fully saturated rings. The summed E-state index contributed by atoms with van der Waals surface area (Å²) in [5.41, 5.74) is 5.81. The topological polar surface area (TPSA) is 46.5 Å². The maximum Gasteiger partial charge on any atom is 0.302 e. The molecule has 1 atom stereocenters. The summed E-state index contributed by atoms with van der Waals surface area (Å²) in [6.07, 6.45) is 1.21. The summed E-state index contributed by atoms with van der Waals surface area (Å²) in [5.74, 6) is -0.248. The molecule has 0 bridgehead atoms. The van der Waals surface area contributed by atoms with Crippen LogP contribution < -0.4 is 0 Å².